The van der Waals surface area contributed by atoms with Gasteiger partial charge in [0.15, 0.2) is 0 Å². The molecule has 1 aromatic rings. The second-order valence-electron chi connectivity index (χ2n) is 3.85. The molecular formula is C13H19ClN2. The van der Waals surface area contributed by atoms with Crippen molar-refractivity contribution < 1.29 is 0 Å². The Morgan fingerprint density at radius 2 is 1.94 bits per heavy atom. The summed E-state index contributed by atoms with van der Waals surface area (Å²) in [7, 11) is 0. The number of nitrogens with one attached hydrogen (secondary N) is 1. The Kier molecular flexibility index (Phi) is 7.62. The number of benzene rings is 1. The van der Waals surface area contributed by atoms with Crippen molar-refractivity contribution >= 4 is 12.4 Å². The van der Waals surface area contributed by atoms with Crippen LogP contribution in [0.1, 0.15) is 25.8 Å². The Labute approximate surface area is 104 Å². The molecule has 0 aliphatic rings. The number of rotatable bonds is 5. The molecule has 2 atom stereocenters. The molecule has 0 radical (unpaired) electrons. The van der Waals surface area contributed by atoms with Gasteiger partial charge in [-0.2, -0.15) is 5.26 Å². The molecule has 1 N–H and O–H groups in total. The van der Waals surface area contributed by atoms with Crippen molar-refractivity contribution in [3.63, 3.8) is 0 Å². The minimum atomic E-state index is -0.0243. The lowest BCUT2D eigenvalue weighted by atomic mass is 10.1. The van der Waals surface area contributed by atoms with E-state index in [2.05, 4.69) is 30.4 Å². The average Bonchev–Trinajstić information content (AvgIpc) is 2.27. The number of nitrogens with zero attached hydrogens (tertiary/aromatic N) is 1. The lowest BCUT2D eigenvalue weighted by Crippen LogP contribution is -2.36. The first-order chi connectivity index (χ1) is 7.26. The molecule has 0 spiro atoms. The van der Waals surface area contributed by atoms with E-state index in [9.17, 15) is 0 Å². The minimum absolute atomic E-state index is 0. The van der Waals surface area contributed by atoms with Gasteiger partial charge in [0.25, 0.3) is 0 Å². The second kappa shape index (κ2) is 8.15. The summed E-state index contributed by atoms with van der Waals surface area (Å²) in [5, 5.41) is 12.1. The van der Waals surface area contributed by atoms with Crippen LogP contribution in [0.4, 0.5) is 0 Å². The van der Waals surface area contributed by atoms with E-state index in [1.807, 2.05) is 25.1 Å². The Bertz CT molecular complexity index is 318. The minimum Gasteiger partial charge on any atom is -0.299 e. The van der Waals surface area contributed by atoms with Gasteiger partial charge in [0.1, 0.15) is 0 Å². The zero-order chi connectivity index (χ0) is 11.1. The van der Waals surface area contributed by atoms with Crippen LogP contribution < -0.4 is 5.32 Å². The van der Waals surface area contributed by atoms with E-state index < -0.39 is 0 Å². The molecule has 2 nitrogen and oxygen atoms in total. The van der Waals surface area contributed by atoms with Gasteiger partial charge in [-0.15, -0.1) is 12.4 Å². The highest BCUT2D eigenvalue weighted by molar-refractivity contribution is 5.85. The van der Waals surface area contributed by atoms with Gasteiger partial charge in [0.2, 0.25) is 0 Å². The fourth-order valence-corrected chi connectivity index (χ4v) is 1.62. The summed E-state index contributed by atoms with van der Waals surface area (Å²) < 4.78 is 0. The van der Waals surface area contributed by atoms with Crippen LogP contribution in [-0.4, -0.2) is 12.1 Å². The van der Waals surface area contributed by atoms with Gasteiger partial charge >= 0.3 is 0 Å². The maximum absolute atomic E-state index is 8.83. The van der Waals surface area contributed by atoms with Crippen molar-refractivity contribution in [2.75, 3.05) is 0 Å². The zero-order valence-electron chi connectivity index (χ0n) is 9.81. The molecule has 1 aromatic carbocycles. The molecule has 0 bridgehead atoms. The van der Waals surface area contributed by atoms with Gasteiger partial charge in [-0.25, -0.2) is 0 Å². The molecule has 0 fully saturated rings. The van der Waals surface area contributed by atoms with Crippen molar-refractivity contribution in [3.05, 3.63) is 35.9 Å². The van der Waals surface area contributed by atoms with Crippen molar-refractivity contribution in [1.29, 1.82) is 5.26 Å². The third-order valence-electron chi connectivity index (χ3n) is 2.43. The third-order valence-corrected chi connectivity index (χ3v) is 2.43. The Morgan fingerprint density at radius 1 is 1.31 bits per heavy atom. The lowest BCUT2D eigenvalue weighted by molar-refractivity contribution is 0.490. The van der Waals surface area contributed by atoms with E-state index in [0.717, 1.165) is 12.8 Å². The molecule has 3 heteroatoms. The van der Waals surface area contributed by atoms with Gasteiger partial charge in [0, 0.05) is 6.04 Å². The standard InChI is InChI=1S/C13H18N2.ClH/c1-3-13(10-14)15-11(2)9-12-7-5-4-6-8-12;/h4-8,11,13,15H,3,9H2,1-2H3;1H. The summed E-state index contributed by atoms with van der Waals surface area (Å²) in [5.41, 5.74) is 1.31. The van der Waals surface area contributed by atoms with E-state index in [1.165, 1.54) is 5.56 Å². The first-order valence-electron chi connectivity index (χ1n) is 5.45. The molecule has 1 rings (SSSR count). The van der Waals surface area contributed by atoms with Crippen LogP contribution in [0.3, 0.4) is 0 Å². The first-order valence-corrected chi connectivity index (χ1v) is 5.45. The second-order valence-corrected chi connectivity index (χ2v) is 3.85. The van der Waals surface area contributed by atoms with Crippen molar-refractivity contribution in [3.8, 4) is 6.07 Å². The summed E-state index contributed by atoms with van der Waals surface area (Å²) in [6.45, 7) is 4.14. The summed E-state index contributed by atoms with van der Waals surface area (Å²) in [5.74, 6) is 0. The zero-order valence-corrected chi connectivity index (χ0v) is 10.6. The van der Waals surface area contributed by atoms with Gasteiger partial charge in [-0.05, 0) is 25.3 Å². The van der Waals surface area contributed by atoms with Crippen LogP contribution in [0, 0.1) is 11.3 Å². The van der Waals surface area contributed by atoms with Gasteiger partial charge in [-0.3, -0.25) is 5.32 Å². The molecule has 2 unspecified atom stereocenters. The number of nitriles is 1. The van der Waals surface area contributed by atoms with Crippen LogP contribution in [0.15, 0.2) is 30.3 Å². The molecule has 0 amide bonds. The summed E-state index contributed by atoms with van der Waals surface area (Å²) in [6.07, 6.45) is 1.83. The molecule has 88 valence electrons. The molecule has 0 aliphatic carbocycles. The van der Waals surface area contributed by atoms with Crippen molar-refractivity contribution in [1.82, 2.24) is 5.32 Å². The smallest absolute Gasteiger partial charge is 0.0952 e. The molecule has 0 saturated heterocycles. The van der Waals surface area contributed by atoms with E-state index in [-0.39, 0.29) is 18.4 Å². The number of hydrogen-bond donors (Lipinski definition) is 1. The highest BCUT2D eigenvalue weighted by Crippen LogP contribution is 2.03. The van der Waals surface area contributed by atoms with Crippen LogP contribution in [-0.2, 0) is 6.42 Å². The van der Waals surface area contributed by atoms with Crippen LogP contribution in [0.2, 0.25) is 0 Å². The molecule has 0 aliphatic heterocycles. The van der Waals surface area contributed by atoms with Gasteiger partial charge < -0.3 is 0 Å². The molecular weight excluding hydrogens is 220 g/mol. The Hall–Kier alpha value is -1.04. The summed E-state index contributed by atoms with van der Waals surface area (Å²) >= 11 is 0. The molecule has 0 saturated carbocycles. The maximum atomic E-state index is 8.83. The highest BCUT2D eigenvalue weighted by atomic mass is 35.5. The van der Waals surface area contributed by atoms with Crippen molar-refractivity contribution in [2.45, 2.75) is 38.8 Å². The van der Waals surface area contributed by atoms with Gasteiger partial charge in [0.05, 0.1) is 12.1 Å². The highest BCUT2D eigenvalue weighted by Gasteiger charge is 2.08. The van der Waals surface area contributed by atoms with Crippen LogP contribution in [0.25, 0.3) is 0 Å². The fraction of sp³-hybridized carbons (Fsp3) is 0.462. The SMILES string of the molecule is CCC(C#N)NC(C)Cc1ccccc1.Cl. The fourth-order valence-electron chi connectivity index (χ4n) is 1.62. The van der Waals surface area contributed by atoms with E-state index in [4.69, 9.17) is 5.26 Å². The Morgan fingerprint density at radius 3 is 2.44 bits per heavy atom. The largest absolute Gasteiger partial charge is 0.299 e. The Balaban J connectivity index is 0.00000225. The predicted molar refractivity (Wildman–Crippen MR) is 69.7 cm³/mol. The number of hydrogen-bond acceptors (Lipinski definition) is 2. The summed E-state index contributed by atoms with van der Waals surface area (Å²) in [4.78, 5) is 0. The lowest BCUT2D eigenvalue weighted by Gasteiger charge is -2.16. The first kappa shape index (κ1) is 15.0. The number of halogens is 1. The maximum Gasteiger partial charge on any atom is 0.0952 e. The topological polar surface area (TPSA) is 35.8 Å². The predicted octanol–water partition coefficient (Wildman–Crippen LogP) is 2.93. The van der Waals surface area contributed by atoms with Gasteiger partial charge in [-0.1, -0.05) is 37.3 Å². The normalized spacial score (nSPS) is 13.3. The average molecular weight is 239 g/mol. The third kappa shape index (κ3) is 5.16. The summed E-state index contributed by atoms with van der Waals surface area (Å²) in [6, 6.07) is 12.9. The van der Waals surface area contributed by atoms with Crippen LogP contribution in [0.5, 0.6) is 0 Å². The van der Waals surface area contributed by atoms with E-state index in [1.54, 1.807) is 0 Å². The monoisotopic (exact) mass is 238 g/mol. The van der Waals surface area contributed by atoms with Crippen molar-refractivity contribution in [2.24, 2.45) is 0 Å². The van der Waals surface area contributed by atoms with E-state index in [0.29, 0.717) is 6.04 Å². The molecule has 0 heterocycles. The molecule has 16 heavy (non-hydrogen) atoms. The molecule has 0 aromatic heterocycles. The van der Waals surface area contributed by atoms with E-state index >= 15 is 0 Å². The quantitative estimate of drug-likeness (QED) is 0.856. The van der Waals surface area contributed by atoms with Crippen LogP contribution >= 0.6 is 12.4 Å².